The second-order valence-electron chi connectivity index (χ2n) is 8.40. The fourth-order valence-electron chi connectivity index (χ4n) is 2.85. The van der Waals surface area contributed by atoms with E-state index in [0.29, 0.717) is 24.1 Å². The van der Waals surface area contributed by atoms with Gasteiger partial charge in [0.05, 0.1) is 0 Å². The van der Waals surface area contributed by atoms with Crippen molar-refractivity contribution in [3.05, 3.63) is 29.3 Å². The number of carbonyl (C=O) groups is 3. The van der Waals surface area contributed by atoms with Crippen LogP contribution in [0.25, 0.3) is 0 Å². The first-order valence-corrected chi connectivity index (χ1v) is 10.2. The summed E-state index contributed by atoms with van der Waals surface area (Å²) >= 11 is 0. The number of aromatic hydroxyl groups is 1. The summed E-state index contributed by atoms with van der Waals surface area (Å²) in [6.07, 6.45) is -0.269. The van der Waals surface area contributed by atoms with Gasteiger partial charge in [-0.3, -0.25) is 10.2 Å². The molecular formula is C21H33N5O6. The lowest BCUT2D eigenvalue weighted by Gasteiger charge is -2.24. The summed E-state index contributed by atoms with van der Waals surface area (Å²) < 4.78 is 5.20. The molecule has 0 unspecified atom stereocenters. The molecule has 0 aromatic heterocycles. The van der Waals surface area contributed by atoms with Crippen LogP contribution in [0.3, 0.4) is 0 Å². The predicted molar refractivity (Wildman–Crippen MR) is 118 cm³/mol. The second kappa shape index (κ2) is 11.8. The number of benzene rings is 1. The Morgan fingerprint density at radius 1 is 1.19 bits per heavy atom. The molecule has 0 spiro atoms. The van der Waals surface area contributed by atoms with Crippen molar-refractivity contribution in [2.24, 2.45) is 5.73 Å². The lowest BCUT2D eigenvalue weighted by atomic mass is 10.00. The Morgan fingerprint density at radius 3 is 2.38 bits per heavy atom. The number of nitrogens with two attached hydrogens (primary N) is 1. The van der Waals surface area contributed by atoms with Crippen molar-refractivity contribution in [3.8, 4) is 5.75 Å². The fraction of sp³-hybridized carbons (Fsp3) is 0.524. The summed E-state index contributed by atoms with van der Waals surface area (Å²) in [7, 11) is 0. The number of aryl methyl sites for hydroxylation is 1. The van der Waals surface area contributed by atoms with Crippen molar-refractivity contribution in [2.75, 3.05) is 6.54 Å². The number of hydrogen-bond acceptors (Lipinski definition) is 6. The second-order valence-corrected chi connectivity index (χ2v) is 8.40. The molecule has 1 rings (SSSR count). The van der Waals surface area contributed by atoms with Gasteiger partial charge in [-0.05, 0) is 63.8 Å². The molecule has 11 nitrogen and oxygen atoms in total. The number of hydrogen-bond donors (Lipinski definition) is 7. The number of guanidine groups is 1. The van der Waals surface area contributed by atoms with Gasteiger partial charge in [0.2, 0.25) is 5.91 Å². The lowest BCUT2D eigenvalue weighted by Crippen LogP contribution is -2.53. The molecule has 178 valence electrons. The Kier molecular flexibility index (Phi) is 9.76. The van der Waals surface area contributed by atoms with Crippen LogP contribution in [-0.2, 0) is 20.7 Å². The SMILES string of the molecule is Cc1cc(O)ccc1C[C@H](NC(=O)[C@@H](CCCNC(=N)N)NC(=O)OC(C)(C)C)C(=O)O. The van der Waals surface area contributed by atoms with Crippen LogP contribution in [0.5, 0.6) is 5.75 Å². The molecular weight excluding hydrogens is 418 g/mol. The Hall–Kier alpha value is -3.50. The van der Waals surface area contributed by atoms with Gasteiger partial charge >= 0.3 is 12.1 Å². The van der Waals surface area contributed by atoms with Crippen LogP contribution in [0.1, 0.15) is 44.7 Å². The number of ether oxygens (including phenoxy) is 1. The Bertz CT molecular complexity index is 836. The standard InChI is InChI=1S/C21H33N5O6/c1-12-10-14(27)8-7-13(12)11-16(18(29)30)25-17(28)15(6-5-9-24-19(22)23)26-20(31)32-21(2,3)4/h7-8,10,15-16,27H,5-6,9,11H2,1-4H3,(H,25,28)(H,26,31)(H,29,30)(H4,22,23,24)/t15-,16+/m1/s1. The van der Waals surface area contributed by atoms with Gasteiger partial charge in [-0.1, -0.05) is 6.07 Å². The topological polar surface area (TPSA) is 187 Å². The maximum absolute atomic E-state index is 12.8. The minimum absolute atomic E-state index is 0.00175. The highest BCUT2D eigenvalue weighted by Gasteiger charge is 2.28. The molecule has 0 fully saturated rings. The van der Waals surface area contributed by atoms with E-state index < -0.39 is 35.7 Å². The van der Waals surface area contributed by atoms with Crippen LogP contribution in [-0.4, -0.2) is 58.4 Å². The van der Waals surface area contributed by atoms with Gasteiger partial charge in [-0.25, -0.2) is 9.59 Å². The van der Waals surface area contributed by atoms with E-state index in [1.165, 1.54) is 12.1 Å². The number of carboxylic acids is 1. The summed E-state index contributed by atoms with van der Waals surface area (Å²) in [6.45, 7) is 7.06. The third-order valence-electron chi connectivity index (χ3n) is 4.36. The third kappa shape index (κ3) is 10.0. The van der Waals surface area contributed by atoms with Gasteiger partial charge in [0, 0.05) is 13.0 Å². The monoisotopic (exact) mass is 451 g/mol. The smallest absolute Gasteiger partial charge is 0.408 e. The van der Waals surface area contributed by atoms with Crippen LogP contribution in [0, 0.1) is 12.3 Å². The van der Waals surface area contributed by atoms with Gasteiger partial charge in [-0.15, -0.1) is 0 Å². The van der Waals surface area contributed by atoms with E-state index in [4.69, 9.17) is 15.9 Å². The first-order valence-electron chi connectivity index (χ1n) is 10.2. The normalized spacial score (nSPS) is 12.9. The summed E-state index contributed by atoms with van der Waals surface area (Å²) in [6, 6.07) is 2.24. The molecule has 2 atom stereocenters. The van der Waals surface area contributed by atoms with Crippen molar-refractivity contribution in [1.82, 2.24) is 16.0 Å². The molecule has 1 aromatic rings. The van der Waals surface area contributed by atoms with Crippen molar-refractivity contribution >= 4 is 23.9 Å². The van der Waals surface area contributed by atoms with Gasteiger partial charge < -0.3 is 36.6 Å². The number of carboxylic acid groups (broad SMARTS) is 1. The van der Waals surface area contributed by atoms with Crippen molar-refractivity contribution in [3.63, 3.8) is 0 Å². The molecule has 11 heteroatoms. The highest BCUT2D eigenvalue weighted by molar-refractivity contribution is 5.89. The zero-order chi connectivity index (χ0) is 24.5. The van der Waals surface area contributed by atoms with Gasteiger partial charge in [-0.2, -0.15) is 0 Å². The van der Waals surface area contributed by atoms with E-state index in [-0.39, 0.29) is 24.6 Å². The first-order chi connectivity index (χ1) is 14.8. The number of aliphatic carboxylic acids is 1. The van der Waals surface area contributed by atoms with Crippen LogP contribution in [0.2, 0.25) is 0 Å². The van der Waals surface area contributed by atoms with Crippen LogP contribution in [0.15, 0.2) is 18.2 Å². The Labute approximate surface area is 187 Å². The molecule has 2 amide bonds. The van der Waals surface area contributed by atoms with Crippen LogP contribution in [0.4, 0.5) is 4.79 Å². The molecule has 0 saturated carbocycles. The average molecular weight is 452 g/mol. The third-order valence-corrected chi connectivity index (χ3v) is 4.36. The number of alkyl carbamates (subject to hydrolysis) is 1. The zero-order valence-electron chi connectivity index (χ0n) is 18.8. The van der Waals surface area contributed by atoms with Crippen molar-refractivity contribution < 1.29 is 29.3 Å². The Morgan fingerprint density at radius 2 is 1.84 bits per heavy atom. The average Bonchev–Trinajstić information content (AvgIpc) is 2.63. The van der Waals surface area contributed by atoms with Gasteiger partial charge in [0.15, 0.2) is 5.96 Å². The molecule has 0 radical (unpaired) electrons. The highest BCUT2D eigenvalue weighted by atomic mass is 16.6. The highest BCUT2D eigenvalue weighted by Crippen LogP contribution is 2.17. The molecule has 1 aromatic carbocycles. The van der Waals surface area contributed by atoms with Crippen molar-refractivity contribution in [2.45, 2.75) is 64.6 Å². The summed E-state index contributed by atoms with van der Waals surface area (Å²) in [5.41, 5.74) is 5.79. The zero-order valence-corrected chi connectivity index (χ0v) is 18.8. The summed E-state index contributed by atoms with van der Waals surface area (Å²) in [5, 5.41) is 33.9. The number of amides is 2. The van der Waals surface area contributed by atoms with Gasteiger partial charge in [0.25, 0.3) is 0 Å². The maximum Gasteiger partial charge on any atom is 0.408 e. The molecule has 8 N–H and O–H groups in total. The molecule has 0 aliphatic carbocycles. The summed E-state index contributed by atoms with van der Waals surface area (Å²) in [4.78, 5) is 36.8. The molecule has 0 saturated heterocycles. The molecule has 0 bridgehead atoms. The Balaban J connectivity index is 2.91. The largest absolute Gasteiger partial charge is 0.508 e. The van der Waals surface area contributed by atoms with E-state index in [9.17, 15) is 24.6 Å². The molecule has 0 heterocycles. The first kappa shape index (κ1) is 26.5. The lowest BCUT2D eigenvalue weighted by molar-refractivity contribution is -0.142. The van der Waals surface area contributed by atoms with E-state index in [1.807, 2.05) is 0 Å². The number of carbonyl (C=O) groups excluding carboxylic acids is 2. The van der Waals surface area contributed by atoms with E-state index in [0.717, 1.165) is 0 Å². The maximum atomic E-state index is 12.8. The van der Waals surface area contributed by atoms with Gasteiger partial charge in [0.1, 0.15) is 23.4 Å². The van der Waals surface area contributed by atoms with E-state index >= 15 is 0 Å². The molecule has 0 aliphatic heterocycles. The van der Waals surface area contributed by atoms with Crippen LogP contribution >= 0.6 is 0 Å². The number of phenolic OH excluding ortho intramolecular Hbond substituents is 1. The number of rotatable bonds is 10. The minimum Gasteiger partial charge on any atom is -0.508 e. The van der Waals surface area contributed by atoms with E-state index in [1.54, 1.807) is 33.8 Å². The van der Waals surface area contributed by atoms with Crippen molar-refractivity contribution in [1.29, 1.82) is 5.41 Å². The number of nitrogens with one attached hydrogen (secondary N) is 4. The quantitative estimate of drug-likeness (QED) is 0.156. The van der Waals surface area contributed by atoms with Crippen LogP contribution < -0.4 is 21.7 Å². The fourth-order valence-corrected chi connectivity index (χ4v) is 2.85. The summed E-state index contributed by atoms with van der Waals surface area (Å²) in [5.74, 6) is -2.08. The predicted octanol–water partition coefficient (Wildman–Crippen LogP) is 0.969. The van der Waals surface area contributed by atoms with E-state index in [2.05, 4.69) is 16.0 Å². The number of phenols is 1. The minimum atomic E-state index is -1.25. The molecule has 0 aliphatic rings. The molecule has 32 heavy (non-hydrogen) atoms.